The van der Waals surface area contributed by atoms with Gasteiger partial charge in [-0.05, 0) is 48.5 Å². The minimum absolute atomic E-state index is 0.219. The van der Waals surface area contributed by atoms with E-state index in [0.717, 1.165) is 34.7 Å². The van der Waals surface area contributed by atoms with Gasteiger partial charge in [-0.15, -0.1) is 0 Å². The summed E-state index contributed by atoms with van der Waals surface area (Å²) in [6.45, 7) is 1.61. The first-order chi connectivity index (χ1) is 9.72. The zero-order chi connectivity index (χ0) is 13.9. The van der Waals surface area contributed by atoms with E-state index >= 15 is 0 Å². The van der Waals surface area contributed by atoms with E-state index in [2.05, 4.69) is 16.0 Å². The predicted molar refractivity (Wildman–Crippen MR) is 81.8 cm³/mol. The van der Waals surface area contributed by atoms with Crippen LogP contribution in [0.1, 0.15) is 0 Å². The van der Waals surface area contributed by atoms with Gasteiger partial charge in [0.25, 0.3) is 0 Å². The van der Waals surface area contributed by atoms with E-state index in [9.17, 15) is 4.39 Å². The normalized spacial score (nSPS) is 10.9. The van der Waals surface area contributed by atoms with Gasteiger partial charge in [-0.3, -0.25) is 0 Å². The Balaban J connectivity index is 1.66. The molecule has 0 unspecified atom stereocenters. The molecule has 20 heavy (non-hydrogen) atoms. The van der Waals surface area contributed by atoms with Crippen LogP contribution in [0.2, 0.25) is 5.02 Å². The lowest BCUT2D eigenvalue weighted by molar-refractivity contribution is 0.628. The Morgan fingerprint density at radius 1 is 1.05 bits per heavy atom. The highest BCUT2D eigenvalue weighted by Gasteiger charge is 2.01. The number of halogens is 2. The average molecular weight is 289 g/mol. The minimum atomic E-state index is -0.219. The van der Waals surface area contributed by atoms with Crippen LogP contribution in [-0.2, 0) is 6.54 Å². The number of rotatable bonds is 4. The topological polar surface area (TPSA) is 17.0 Å². The van der Waals surface area contributed by atoms with Crippen LogP contribution in [0.5, 0.6) is 0 Å². The van der Waals surface area contributed by atoms with Crippen molar-refractivity contribution in [3.05, 3.63) is 65.6 Å². The van der Waals surface area contributed by atoms with Crippen molar-refractivity contribution in [3.8, 4) is 0 Å². The number of anilines is 1. The average Bonchev–Trinajstić information content (AvgIpc) is 2.83. The minimum Gasteiger partial charge on any atom is -0.383 e. The quantitative estimate of drug-likeness (QED) is 0.745. The number of aromatic nitrogens is 1. The van der Waals surface area contributed by atoms with Gasteiger partial charge >= 0.3 is 0 Å². The van der Waals surface area contributed by atoms with Crippen LogP contribution in [0.15, 0.2) is 54.7 Å². The summed E-state index contributed by atoms with van der Waals surface area (Å²) < 4.78 is 15.0. The van der Waals surface area contributed by atoms with E-state index in [0.29, 0.717) is 0 Å². The number of hydrogen-bond acceptors (Lipinski definition) is 1. The molecule has 0 aliphatic heterocycles. The molecule has 0 spiro atoms. The first kappa shape index (κ1) is 13.0. The predicted octanol–water partition coefficient (Wildman–Crippen LogP) is 4.55. The fraction of sp³-hybridized carbons (Fsp3) is 0.125. The molecule has 102 valence electrons. The molecule has 2 nitrogen and oxygen atoms in total. The molecule has 4 heteroatoms. The van der Waals surface area contributed by atoms with Crippen molar-refractivity contribution in [1.29, 1.82) is 0 Å². The summed E-state index contributed by atoms with van der Waals surface area (Å²) in [6, 6.07) is 14.3. The van der Waals surface area contributed by atoms with Crippen molar-refractivity contribution in [2.75, 3.05) is 11.9 Å². The third-order valence-corrected chi connectivity index (χ3v) is 3.49. The van der Waals surface area contributed by atoms with E-state index in [-0.39, 0.29) is 5.82 Å². The van der Waals surface area contributed by atoms with Crippen molar-refractivity contribution in [3.63, 3.8) is 0 Å². The molecule has 0 fully saturated rings. The third kappa shape index (κ3) is 2.78. The van der Waals surface area contributed by atoms with E-state index in [1.165, 1.54) is 12.1 Å². The Morgan fingerprint density at radius 3 is 2.65 bits per heavy atom. The second-order valence-electron chi connectivity index (χ2n) is 4.65. The van der Waals surface area contributed by atoms with E-state index in [1.54, 1.807) is 12.1 Å². The number of hydrogen-bond donors (Lipinski definition) is 1. The summed E-state index contributed by atoms with van der Waals surface area (Å²) in [5.41, 5.74) is 2.08. The smallest absolute Gasteiger partial charge is 0.123 e. The van der Waals surface area contributed by atoms with Gasteiger partial charge < -0.3 is 9.88 Å². The lowest BCUT2D eigenvalue weighted by Crippen LogP contribution is -2.09. The van der Waals surface area contributed by atoms with E-state index in [4.69, 9.17) is 11.6 Å². The molecule has 3 rings (SSSR count). The maximum absolute atomic E-state index is 12.8. The highest BCUT2D eigenvalue weighted by atomic mass is 35.5. The van der Waals surface area contributed by atoms with Gasteiger partial charge in [-0.1, -0.05) is 11.6 Å². The Labute approximate surface area is 121 Å². The van der Waals surface area contributed by atoms with Crippen molar-refractivity contribution in [2.45, 2.75) is 6.54 Å². The molecule has 0 bridgehead atoms. The van der Waals surface area contributed by atoms with Crippen LogP contribution in [-0.4, -0.2) is 11.1 Å². The number of nitrogens with one attached hydrogen (secondary N) is 1. The monoisotopic (exact) mass is 288 g/mol. The molecule has 2 aromatic carbocycles. The molecule has 0 aliphatic carbocycles. The molecule has 1 heterocycles. The first-order valence-electron chi connectivity index (χ1n) is 6.46. The zero-order valence-electron chi connectivity index (χ0n) is 10.8. The summed E-state index contributed by atoms with van der Waals surface area (Å²) in [5.74, 6) is -0.219. The van der Waals surface area contributed by atoms with Gasteiger partial charge in [0.2, 0.25) is 0 Å². The molecular formula is C16H14ClFN2. The van der Waals surface area contributed by atoms with Gasteiger partial charge in [0.15, 0.2) is 0 Å². The summed E-state index contributed by atoms with van der Waals surface area (Å²) in [4.78, 5) is 0. The Kier molecular flexibility index (Phi) is 3.61. The summed E-state index contributed by atoms with van der Waals surface area (Å²) in [6.07, 6.45) is 2.05. The van der Waals surface area contributed by atoms with Crippen molar-refractivity contribution < 1.29 is 4.39 Å². The number of nitrogens with zero attached hydrogens (tertiary/aromatic N) is 1. The summed E-state index contributed by atoms with van der Waals surface area (Å²) >= 11 is 5.97. The van der Waals surface area contributed by atoms with Gasteiger partial charge in [0.1, 0.15) is 5.82 Å². The molecule has 0 amide bonds. The second-order valence-corrected chi connectivity index (χ2v) is 5.08. The molecule has 0 radical (unpaired) electrons. The Hall–Kier alpha value is -2.00. The maximum atomic E-state index is 12.8. The Bertz CT molecular complexity index is 719. The summed E-state index contributed by atoms with van der Waals surface area (Å²) in [5, 5.41) is 5.16. The molecule has 0 aliphatic rings. The molecule has 0 saturated carbocycles. The molecule has 1 aromatic heterocycles. The van der Waals surface area contributed by atoms with E-state index < -0.39 is 0 Å². The fourth-order valence-corrected chi connectivity index (χ4v) is 2.43. The summed E-state index contributed by atoms with van der Waals surface area (Å²) in [7, 11) is 0. The van der Waals surface area contributed by atoms with Gasteiger partial charge in [-0.2, -0.15) is 0 Å². The van der Waals surface area contributed by atoms with E-state index in [1.807, 2.05) is 24.4 Å². The van der Waals surface area contributed by atoms with Gasteiger partial charge in [-0.25, -0.2) is 4.39 Å². The fourth-order valence-electron chi connectivity index (χ4n) is 2.25. The van der Waals surface area contributed by atoms with Crippen LogP contribution < -0.4 is 5.32 Å². The zero-order valence-corrected chi connectivity index (χ0v) is 11.6. The maximum Gasteiger partial charge on any atom is 0.123 e. The largest absolute Gasteiger partial charge is 0.383 e. The third-order valence-electron chi connectivity index (χ3n) is 3.26. The molecule has 0 saturated heterocycles. The van der Waals surface area contributed by atoms with Crippen LogP contribution in [0, 0.1) is 5.82 Å². The highest BCUT2D eigenvalue weighted by molar-refractivity contribution is 6.31. The second kappa shape index (κ2) is 5.55. The van der Waals surface area contributed by atoms with Crippen LogP contribution >= 0.6 is 11.6 Å². The van der Waals surface area contributed by atoms with Gasteiger partial charge in [0.05, 0.1) is 0 Å². The van der Waals surface area contributed by atoms with Crippen molar-refractivity contribution in [2.24, 2.45) is 0 Å². The van der Waals surface area contributed by atoms with Crippen molar-refractivity contribution in [1.82, 2.24) is 4.57 Å². The first-order valence-corrected chi connectivity index (χ1v) is 6.84. The standard InChI is InChI=1S/C16H14ClFN2/c17-13-1-6-16-12(11-13)7-9-20(16)10-8-19-15-4-2-14(18)3-5-15/h1-7,9,11,19H,8,10H2. The number of fused-ring (bicyclic) bond motifs is 1. The lowest BCUT2D eigenvalue weighted by Gasteiger charge is -2.08. The molecule has 1 N–H and O–H groups in total. The molecule has 0 atom stereocenters. The molecular weight excluding hydrogens is 275 g/mol. The Morgan fingerprint density at radius 2 is 1.85 bits per heavy atom. The lowest BCUT2D eigenvalue weighted by atomic mass is 10.2. The SMILES string of the molecule is Fc1ccc(NCCn2ccc3cc(Cl)ccc32)cc1. The van der Waals surface area contributed by atoms with Crippen LogP contribution in [0.3, 0.4) is 0 Å². The number of benzene rings is 2. The highest BCUT2D eigenvalue weighted by Crippen LogP contribution is 2.20. The van der Waals surface area contributed by atoms with Crippen LogP contribution in [0.25, 0.3) is 10.9 Å². The van der Waals surface area contributed by atoms with Crippen LogP contribution in [0.4, 0.5) is 10.1 Å². The van der Waals surface area contributed by atoms with Gasteiger partial charge in [0, 0.05) is 40.9 Å². The van der Waals surface area contributed by atoms with Crippen molar-refractivity contribution >= 4 is 28.2 Å². The molecule has 3 aromatic rings.